The number of nitrogens with one attached hydrogen (secondary N) is 3. The Hall–Kier alpha value is -3.16. The van der Waals surface area contributed by atoms with Crippen LogP contribution in [-0.4, -0.2) is 42.0 Å². The monoisotopic (exact) mass is 344 g/mol. The molecule has 0 unspecified atom stereocenters. The molecule has 1 heterocycles. The first-order valence-electron chi connectivity index (χ1n) is 7.78. The fourth-order valence-electron chi connectivity index (χ4n) is 2.14. The molecule has 0 aliphatic heterocycles. The van der Waals surface area contributed by atoms with Crippen LogP contribution in [0.25, 0.3) is 11.3 Å². The minimum absolute atomic E-state index is 0.117. The summed E-state index contributed by atoms with van der Waals surface area (Å²) in [6.07, 6.45) is 0.589. The Morgan fingerprint density at radius 3 is 2.48 bits per heavy atom. The van der Waals surface area contributed by atoms with E-state index < -0.39 is 11.6 Å². The second-order valence-electron chi connectivity index (χ2n) is 5.31. The molecular weight excluding hydrogens is 324 g/mol. The Kier molecular flexibility index (Phi) is 6.27. The molecule has 25 heavy (non-hydrogen) atoms. The van der Waals surface area contributed by atoms with Crippen molar-refractivity contribution < 1.29 is 14.3 Å². The highest BCUT2D eigenvalue weighted by Gasteiger charge is 2.10. The van der Waals surface area contributed by atoms with Crippen molar-refractivity contribution in [3.05, 3.63) is 46.5 Å². The number of nitrogens with zero attached hydrogens (tertiary/aromatic N) is 1. The number of aromatic nitrogens is 2. The molecule has 0 spiro atoms. The van der Waals surface area contributed by atoms with E-state index in [0.29, 0.717) is 36.5 Å². The molecule has 0 aliphatic rings. The van der Waals surface area contributed by atoms with Gasteiger partial charge in [-0.25, -0.2) is 4.79 Å². The minimum Gasteiger partial charge on any atom is -0.497 e. The number of rotatable bonds is 7. The van der Waals surface area contributed by atoms with Gasteiger partial charge in [0.25, 0.3) is 5.91 Å². The third-order valence-electron chi connectivity index (χ3n) is 3.39. The maximum atomic E-state index is 12.2. The highest BCUT2D eigenvalue weighted by molar-refractivity contribution is 5.93. The zero-order chi connectivity index (χ0) is 18.2. The molecule has 2 amide bonds. The highest BCUT2D eigenvalue weighted by atomic mass is 16.5. The van der Waals surface area contributed by atoms with Crippen LogP contribution >= 0.6 is 0 Å². The van der Waals surface area contributed by atoms with Crippen molar-refractivity contribution in [2.24, 2.45) is 0 Å². The SMILES string of the molecule is COc1ccc(-c2cc(C(=O)NCCCNC(C)=O)[nH]c(=O)n2)cc1. The van der Waals surface area contributed by atoms with Crippen LogP contribution in [0.4, 0.5) is 0 Å². The van der Waals surface area contributed by atoms with E-state index in [0.717, 1.165) is 0 Å². The van der Waals surface area contributed by atoms with Crippen molar-refractivity contribution in [1.82, 2.24) is 20.6 Å². The molecule has 1 aromatic heterocycles. The molecule has 132 valence electrons. The maximum absolute atomic E-state index is 12.2. The van der Waals surface area contributed by atoms with Gasteiger partial charge in [-0.1, -0.05) is 0 Å². The van der Waals surface area contributed by atoms with Gasteiger partial charge < -0.3 is 20.4 Å². The summed E-state index contributed by atoms with van der Waals surface area (Å²) < 4.78 is 5.09. The topological polar surface area (TPSA) is 113 Å². The summed E-state index contributed by atoms with van der Waals surface area (Å²) in [4.78, 5) is 41.0. The Morgan fingerprint density at radius 1 is 1.16 bits per heavy atom. The molecule has 0 atom stereocenters. The molecule has 2 aromatic rings. The largest absolute Gasteiger partial charge is 0.497 e. The summed E-state index contributed by atoms with van der Waals surface area (Å²) in [6.45, 7) is 2.28. The lowest BCUT2D eigenvalue weighted by molar-refractivity contribution is -0.118. The van der Waals surface area contributed by atoms with Gasteiger partial charge >= 0.3 is 5.69 Å². The number of aromatic amines is 1. The Bertz CT molecular complexity index is 799. The van der Waals surface area contributed by atoms with Crippen LogP contribution in [0.3, 0.4) is 0 Å². The Morgan fingerprint density at radius 2 is 1.84 bits per heavy atom. The minimum atomic E-state index is -0.600. The van der Waals surface area contributed by atoms with E-state index in [1.54, 1.807) is 31.4 Å². The number of ether oxygens (including phenoxy) is 1. The van der Waals surface area contributed by atoms with Crippen molar-refractivity contribution in [1.29, 1.82) is 0 Å². The molecule has 0 radical (unpaired) electrons. The lowest BCUT2D eigenvalue weighted by atomic mass is 10.1. The average molecular weight is 344 g/mol. The fourth-order valence-corrected chi connectivity index (χ4v) is 2.14. The van der Waals surface area contributed by atoms with E-state index in [2.05, 4.69) is 20.6 Å². The van der Waals surface area contributed by atoms with Crippen LogP contribution in [0.1, 0.15) is 23.8 Å². The summed E-state index contributed by atoms with van der Waals surface area (Å²) in [5, 5.41) is 5.33. The van der Waals surface area contributed by atoms with E-state index in [4.69, 9.17) is 4.74 Å². The van der Waals surface area contributed by atoms with Crippen LogP contribution in [0.2, 0.25) is 0 Å². The summed E-state index contributed by atoms with van der Waals surface area (Å²) in [6, 6.07) is 8.54. The van der Waals surface area contributed by atoms with E-state index in [1.807, 2.05) is 0 Å². The summed E-state index contributed by atoms with van der Waals surface area (Å²) in [5.41, 5.74) is 0.628. The third kappa shape index (κ3) is 5.45. The number of carbonyl (C=O) groups is 2. The number of hydrogen-bond donors (Lipinski definition) is 3. The van der Waals surface area contributed by atoms with Crippen LogP contribution < -0.4 is 21.1 Å². The van der Waals surface area contributed by atoms with Crippen LogP contribution in [0.5, 0.6) is 5.75 Å². The van der Waals surface area contributed by atoms with Gasteiger partial charge in [0.2, 0.25) is 5.91 Å². The quantitative estimate of drug-likeness (QED) is 0.640. The number of hydrogen-bond acceptors (Lipinski definition) is 5. The van der Waals surface area contributed by atoms with Gasteiger partial charge in [0.1, 0.15) is 11.4 Å². The van der Waals surface area contributed by atoms with E-state index in [-0.39, 0.29) is 11.6 Å². The molecule has 0 saturated carbocycles. The predicted octanol–water partition coefficient (Wildman–Crippen LogP) is 0.702. The molecule has 0 aliphatic carbocycles. The second-order valence-corrected chi connectivity index (χ2v) is 5.31. The lowest BCUT2D eigenvalue weighted by Crippen LogP contribution is -2.30. The Labute approximate surface area is 144 Å². The smallest absolute Gasteiger partial charge is 0.346 e. The van der Waals surface area contributed by atoms with Gasteiger partial charge in [-0.15, -0.1) is 0 Å². The van der Waals surface area contributed by atoms with Gasteiger partial charge in [0.05, 0.1) is 12.8 Å². The van der Waals surface area contributed by atoms with Gasteiger partial charge in [0.15, 0.2) is 0 Å². The number of amides is 2. The van der Waals surface area contributed by atoms with Crippen molar-refractivity contribution in [3.8, 4) is 17.0 Å². The highest BCUT2D eigenvalue weighted by Crippen LogP contribution is 2.20. The summed E-state index contributed by atoms with van der Waals surface area (Å²) in [7, 11) is 1.56. The van der Waals surface area contributed by atoms with Gasteiger partial charge in [-0.2, -0.15) is 4.98 Å². The fraction of sp³-hybridized carbons (Fsp3) is 0.294. The maximum Gasteiger partial charge on any atom is 0.346 e. The number of H-pyrrole nitrogens is 1. The first-order chi connectivity index (χ1) is 12.0. The van der Waals surface area contributed by atoms with Gasteiger partial charge in [0, 0.05) is 25.6 Å². The number of carbonyl (C=O) groups excluding carboxylic acids is 2. The van der Waals surface area contributed by atoms with Crippen molar-refractivity contribution in [2.75, 3.05) is 20.2 Å². The van der Waals surface area contributed by atoms with Crippen molar-refractivity contribution >= 4 is 11.8 Å². The standard InChI is InChI=1S/C17H20N4O4/c1-11(22)18-8-3-9-19-16(23)15-10-14(20-17(24)21-15)12-4-6-13(25-2)7-5-12/h4-7,10H,3,8-9H2,1-2H3,(H,18,22)(H,19,23)(H,20,21,24). The zero-order valence-corrected chi connectivity index (χ0v) is 14.1. The zero-order valence-electron chi connectivity index (χ0n) is 14.1. The average Bonchev–Trinajstić information content (AvgIpc) is 2.60. The molecule has 0 fully saturated rings. The van der Waals surface area contributed by atoms with Crippen molar-refractivity contribution in [2.45, 2.75) is 13.3 Å². The van der Waals surface area contributed by atoms with Crippen LogP contribution in [0.15, 0.2) is 35.1 Å². The Balaban J connectivity index is 2.05. The second kappa shape index (κ2) is 8.62. The molecule has 2 rings (SSSR count). The summed E-state index contributed by atoms with van der Waals surface area (Å²) >= 11 is 0. The predicted molar refractivity (Wildman–Crippen MR) is 92.5 cm³/mol. The summed E-state index contributed by atoms with van der Waals surface area (Å²) in [5.74, 6) is 0.164. The first-order valence-corrected chi connectivity index (χ1v) is 7.78. The van der Waals surface area contributed by atoms with Gasteiger partial charge in [-0.3, -0.25) is 9.59 Å². The first kappa shape index (κ1) is 18.2. The van der Waals surface area contributed by atoms with Crippen molar-refractivity contribution in [3.63, 3.8) is 0 Å². The lowest BCUT2D eigenvalue weighted by Gasteiger charge is -2.07. The van der Waals surface area contributed by atoms with E-state index in [9.17, 15) is 14.4 Å². The molecule has 1 aromatic carbocycles. The van der Waals surface area contributed by atoms with E-state index >= 15 is 0 Å². The third-order valence-corrected chi connectivity index (χ3v) is 3.39. The van der Waals surface area contributed by atoms with Crippen LogP contribution in [-0.2, 0) is 4.79 Å². The molecule has 0 saturated heterocycles. The normalized spacial score (nSPS) is 10.2. The molecule has 3 N–H and O–H groups in total. The molecular formula is C17H20N4O4. The van der Waals surface area contributed by atoms with Crippen LogP contribution in [0, 0.1) is 0 Å². The van der Waals surface area contributed by atoms with Gasteiger partial charge in [-0.05, 0) is 36.8 Å². The molecule has 8 nitrogen and oxygen atoms in total. The molecule has 0 bridgehead atoms. The number of methoxy groups -OCH3 is 1. The van der Waals surface area contributed by atoms with E-state index in [1.165, 1.54) is 13.0 Å². The molecule has 8 heteroatoms. The number of benzene rings is 1.